The van der Waals surface area contributed by atoms with E-state index in [2.05, 4.69) is 5.32 Å². The van der Waals surface area contributed by atoms with Gasteiger partial charge in [-0.3, -0.25) is 14.9 Å². The second-order valence-electron chi connectivity index (χ2n) is 4.91. The van der Waals surface area contributed by atoms with Crippen molar-refractivity contribution in [2.45, 2.75) is 37.1 Å². The third kappa shape index (κ3) is 5.35. The van der Waals surface area contributed by atoms with Gasteiger partial charge in [-0.2, -0.15) is 0 Å². The first-order valence-electron chi connectivity index (χ1n) is 6.74. The molecule has 0 aliphatic carbocycles. The lowest BCUT2D eigenvalue weighted by molar-refractivity contribution is -0.384. The average molecular weight is 312 g/mol. The van der Waals surface area contributed by atoms with E-state index in [-0.39, 0.29) is 5.69 Å². The molecule has 21 heavy (non-hydrogen) atoms. The molecule has 0 saturated carbocycles. The predicted octanol–water partition coefficient (Wildman–Crippen LogP) is 2.92. The highest BCUT2D eigenvalue weighted by Crippen LogP contribution is 2.24. The van der Waals surface area contributed by atoms with Crippen molar-refractivity contribution in [3.63, 3.8) is 0 Å². The van der Waals surface area contributed by atoms with Gasteiger partial charge in [0, 0.05) is 22.8 Å². The summed E-state index contributed by atoms with van der Waals surface area (Å²) in [6.45, 7) is 4.33. The number of carbonyl (C=O) groups is 1. The van der Waals surface area contributed by atoms with Crippen LogP contribution in [0.25, 0.3) is 0 Å². The average Bonchev–Trinajstić information content (AvgIpc) is 2.45. The molecule has 1 rings (SSSR count). The maximum Gasteiger partial charge on any atom is 0.323 e. The van der Waals surface area contributed by atoms with Gasteiger partial charge in [-0.1, -0.05) is 6.92 Å². The van der Waals surface area contributed by atoms with Gasteiger partial charge < -0.3 is 10.4 Å². The first-order valence-corrected chi connectivity index (χ1v) is 7.73. The number of hydrogen-bond donors (Lipinski definition) is 2. The van der Waals surface area contributed by atoms with Crippen LogP contribution >= 0.6 is 11.8 Å². The van der Waals surface area contributed by atoms with E-state index < -0.39 is 16.4 Å². The van der Waals surface area contributed by atoms with Gasteiger partial charge in [-0.25, -0.2) is 0 Å². The number of benzene rings is 1. The number of carboxylic acid groups (broad SMARTS) is 1. The van der Waals surface area contributed by atoms with Crippen LogP contribution in [0.1, 0.15) is 26.7 Å². The van der Waals surface area contributed by atoms with Crippen LogP contribution in [0.15, 0.2) is 29.2 Å². The quantitative estimate of drug-likeness (QED) is 0.414. The highest BCUT2D eigenvalue weighted by Gasteiger charge is 2.31. The summed E-state index contributed by atoms with van der Waals surface area (Å²) < 4.78 is 0. The van der Waals surface area contributed by atoms with Crippen molar-refractivity contribution in [2.24, 2.45) is 0 Å². The zero-order valence-corrected chi connectivity index (χ0v) is 13.0. The first kappa shape index (κ1) is 17.5. The highest BCUT2D eigenvalue weighted by molar-refractivity contribution is 7.99. The lowest BCUT2D eigenvalue weighted by Gasteiger charge is -2.26. The fourth-order valence-corrected chi connectivity index (χ4v) is 2.78. The normalized spacial score (nSPS) is 13.6. The summed E-state index contributed by atoms with van der Waals surface area (Å²) in [4.78, 5) is 22.4. The van der Waals surface area contributed by atoms with E-state index in [0.29, 0.717) is 18.7 Å². The lowest BCUT2D eigenvalue weighted by atomic mass is 9.99. The van der Waals surface area contributed by atoms with E-state index in [4.69, 9.17) is 0 Å². The number of hydrogen-bond acceptors (Lipinski definition) is 5. The largest absolute Gasteiger partial charge is 0.480 e. The number of nitrogens with zero attached hydrogens (tertiary/aromatic N) is 1. The lowest BCUT2D eigenvalue weighted by Crippen LogP contribution is -2.50. The maximum absolute atomic E-state index is 11.3. The summed E-state index contributed by atoms with van der Waals surface area (Å²) in [5, 5.41) is 22.9. The minimum absolute atomic E-state index is 0.0549. The van der Waals surface area contributed by atoms with E-state index in [1.165, 1.54) is 23.9 Å². The minimum Gasteiger partial charge on any atom is -0.480 e. The zero-order valence-electron chi connectivity index (χ0n) is 12.2. The molecule has 1 atom stereocenters. The highest BCUT2D eigenvalue weighted by atomic mass is 32.2. The molecule has 2 N–H and O–H groups in total. The van der Waals surface area contributed by atoms with Crippen LogP contribution < -0.4 is 5.32 Å². The second-order valence-corrected chi connectivity index (χ2v) is 6.08. The van der Waals surface area contributed by atoms with Gasteiger partial charge in [0.2, 0.25) is 0 Å². The van der Waals surface area contributed by atoms with Crippen molar-refractivity contribution in [1.29, 1.82) is 0 Å². The van der Waals surface area contributed by atoms with Gasteiger partial charge in [-0.15, -0.1) is 11.8 Å². The number of carboxylic acids is 1. The molecule has 1 aromatic rings. The molecule has 0 aliphatic heterocycles. The van der Waals surface area contributed by atoms with Crippen molar-refractivity contribution in [1.82, 2.24) is 5.32 Å². The van der Waals surface area contributed by atoms with Crippen LogP contribution in [0.5, 0.6) is 0 Å². The molecule has 1 aromatic carbocycles. The fourth-order valence-electron chi connectivity index (χ4n) is 1.71. The van der Waals surface area contributed by atoms with Gasteiger partial charge in [0.15, 0.2) is 0 Å². The van der Waals surface area contributed by atoms with Crippen molar-refractivity contribution < 1.29 is 14.8 Å². The predicted molar refractivity (Wildman–Crippen MR) is 82.8 cm³/mol. The smallest absolute Gasteiger partial charge is 0.323 e. The molecule has 0 spiro atoms. The van der Waals surface area contributed by atoms with Crippen LogP contribution in [-0.2, 0) is 4.79 Å². The Morgan fingerprint density at radius 3 is 2.52 bits per heavy atom. The molecule has 0 heterocycles. The van der Waals surface area contributed by atoms with E-state index in [9.17, 15) is 20.0 Å². The SMILES string of the molecule is CCCNC(C)(CCSc1ccc([N+](=O)[O-])cc1)C(=O)O. The first-order chi connectivity index (χ1) is 9.89. The summed E-state index contributed by atoms with van der Waals surface area (Å²) in [6, 6.07) is 6.27. The Kier molecular flexibility index (Phi) is 6.64. The summed E-state index contributed by atoms with van der Waals surface area (Å²) >= 11 is 1.49. The maximum atomic E-state index is 11.3. The second kappa shape index (κ2) is 7.99. The summed E-state index contributed by atoms with van der Waals surface area (Å²) in [6.07, 6.45) is 1.35. The van der Waals surface area contributed by atoms with Crippen molar-refractivity contribution in [2.75, 3.05) is 12.3 Å². The van der Waals surface area contributed by atoms with Crippen molar-refractivity contribution >= 4 is 23.4 Å². The Hall–Kier alpha value is -1.60. The third-order valence-corrected chi connectivity index (χ3v) is 4.17. The number of nitrogens with one attached hydrogen (secondary N) is 1. The fraction of sp³-hybridized carbons (Fsp3) is 0.500. The number of aliphatic carboxylic acids is 1. The summed E-state index contributed by atoms with van der Waals surface area (Å²) in [5.74, 6) is -0.239. The van der Waals surface area contributed by atoms with Crippen LogP contribution in [0, 0.1) is 10.1 Å². The number of thioether (sulfide) groups is 1. The van der Waals surface area contributed by atoms with Gasteiger partial charge in [0.05, 0.1) is 4.92 Å². The van der Waals surface area contributed by atoms with E-state index in [0.717, 1.165) is 11.3 Å². The van der Waals surface area contributed by atoms with E-state index >= 15 is 0 Å². The molecular formula is C14H20N2O4S. The van der Waals surface area contributed by atoms with Crippen molar-refractivity contribution in [3.8, 4) is 0 Å². The summed E-state index contributed by atoms with van der Waals surface area (Å²) in [5.41, 5.74) is -0.886. The topological polar surface area (TPSA) is 92.5 Å². The molecule has 0 aliphatic rings. The number of non-ortho nitro benzene ring substituents is 1. The Bertz CT molecular complexity index is 492. The minimum atomic E-state index is -0.941. The molecule has 0 fully saturated rings. The molecular weight excluding hydrogens is 292 g/mol. The Morgan fingerprint density at radius 2 is 2.05 bits per heavy atom. The van der Waals surface area contributed by atoms with Gasteiger partial charge in [0.25, 0.3) is 5.69 Å². The molecule has 116 valence electrons. The molecule has 0 radical (unpaired) electrons. The monoisotopic (exact) mass is 312 g/mol. The molecule has 0 bridgehead atoms. The van der Waals surface area contributed by atoms with Crippen molar-refractivity contribution in [3.05, 3.63) is 34.4 Å². The molecule has 0 aromatic heterocycles. The van der Waals surface area contributed by atoms with Gasteiger partial charge in [-0.05, 0) is 38.4 Å². The summed E-state index contributed by atoms with van der Waals surface area (Å²) in [7, 11) is 0. The molecule has 0 saturated heterocycles. The molecule has 7 heteroatoms. The Balaban J connectivity index is 2.53. The molecule has 1 unspecified atom stereocenters. The van der Waals surface area contributed by atoms with Gasteiger partial charge >= 0.3 is 5.97 Å². The number of nitro benzene ring substituents is 1. The molecule has 6 nitrogen and oxygen atoms in total. The Morgan fingerprint density at radius 1 is 1.43 bits per heavy atom. The van der Waals surface area contributed by atoms with Crippen LogP contribution in [0.2, 0.25) is 0 Å². The Labute approximate surface area is 128 Å². The van der Waals surface area contributed by atoms with E-state index in [1.54, 1.807) is 19.1 Å². The van der Waals surface area contributed by atoms with Gasteiger partial charge in [0.1, 0.15) is 5.54 Å². The van der Waals surface area contributed by atoms with E-state index in [1.807, 2.05) is 6.92 Å². The third-order valence-electron chi connectivity index (χ3n) is 3.16. The standard InChI is InChI=1S/C14H20N2O4S/c1-3-9-15-14(2,13(17)18)8-10-21-12-6-4-11(5-7-12)16(19)20/h4-7,15H,3,8-10H2,1-2H3,(H,17,18). The van der Waals surface area contributed by atoms with Crippen LogP contribution in [0.3, 0.4) is 0 Å². The number of rotatable bonds is 9. The molecule has 0 amide bonds. The number of nitro groups is 1. The van der Waals surface area contributed by atoms with Crippen LogP contribution in [0.4, 0.5) is 5.69 Å². The zero-order chi connectivity index (χ0) is 15.9. The van der Waals surface area contributed by atoms with Crippen LogP contribution in [-0.4, -0.2) is 33.8 Å².